The number of carbonyl (C=O) groups is 4. The van der Waals surface area contributed by atoms with Gasteiger partial charge in [-0.05, 0) is 24.3 Å². The van der Waals surface area contributed by atoms with Crippen LogP contribution in [0.15, 0.2) is 60.7 Å². The first kappa shape index (κ1) is 36.3. The molecule has 2 aromatic carbocycles. The molecule has 1 aliphatic heterocycles. The van der Waals surface area contributed by atoms with Crippen molar-refractivity contribution in [1.82, 2.24) is 5.32 Å². The topological polar surface area (TPSA) is 150 Å². The van der Waals surface area contributed by atoms with Crippen molar-refractivity contribution >= 4 is 111 Å². The van der Waals surface area contributed by atoms with Crippen molar-refractivity contribution in [2.45, 2.75) is 38.2 Å². The molecular weight excluding hydrogens is 732 g/mol. The quantitative estimate of drug-likeness (QED) is 0.116. The maximum absolute atomic E-state index is 13.2. The summed E-state index contributed by atoms with van der Waals surface area (Å²) >= 11 is 40.3. The van der Waals surface area contributed by atoms with Gasteiger partial charge in [0.05, 0.1) is 11.1 Å². The molecule has 11 nitrogen and oxygen atoms in total. The molecule has 2 aromatic rings. The molecule has 3 rings (SSSR count). The SMILES string of the molecule is N=C(O[C@H]1O[C@H](COC(=O)c2ccccc2)[C@H](OC(=O)CCl)[C@H](OC(=O)c2ccccc2)[C@H]1NC(=O)C(Cl)(Cl)Cl)C(Cl)(Cl)Cl. The van der Waals surface area contributed by atoms with E-state index in [1.807, 2.05) is 0 Å². The summed E-state index contributed by atoms with van der Waals surface area (Å²) in [7, 11) is 0. The molecule has 1 heterocycles. The van der Waals surface area contributed by atoms with Crippen LogP contribution >= 0.6 is 81.2 Å². The monoisotopic (exact) mass is 750 g/mol. The highest BCUT2D eigenvalue weighted by atomic mass is 35.6. The zero-order valence-electron chi connectivity index (χ0n) is 21.9. The van der Waals surface area contributed by atoms with E-state index in [-0.39, 0.29) is 11.1 Å². The molecule has 0 saturated carbocycles. The summed E-state index contributed by atoms with van der Waals surface area (Å²) in [6.45, 7) is -0.639. The van der Waals surface area contributed by atoms with Gasteiger partial charge in [0.1, 0.15) is 24.6 Å². The standard InChI is InChI=1S/C26H21Cl7N2O9/c27-11-16(36)42-18-15(12-40-20(37)13-7-3-1-4-8-13)41-22(44-23(34)25(28,29)30)17(35-24(39)26(31,32)33)19(18)43-21(38)14-9-5-2-6-10-14/h1-10,15,17-19,22,34H,11-12H2,(H,35,39)/t15-,17-,18+,19-,22-/m1/s1. The lowest BCUT2D eigenvalue weighted by Crippen LogP contribution is -2.68. The summed E-state index contributed by atoms with van der Waals surface area (Å²) in [6, 6.07) is 13.7. The van der Waals surface area contributed by atoms with Crippen molar-refractivity contribution in [3.63, 3.8) is 0 Å². The van der Waals surface area contributed by atoms with Crippen molar-refractivity contribution < 1.29 is 42.9 Å². The van der Waals surface area contributed by atoms with Crippen LogP contribution in [0.2, 0.25) is 0 Å². The molecule has 0 aromatic heterocycles. The molecule has 238 valence electrons. The molecule has 44 heavy (non-hydrogen) atoms. The van der Waals surface area contributed by atoms with Crippen molar-refractivity contribution in [3.8, 4) is 0 Å². The molecule has 18 heteroatoms. The predicted octanol–water partition coefficient (Wildman–Crippen LogP) is 5.16. The Labute approximate surface area is 285 Å². The van der Waals surface area contributed by atoms with E-state index >= 15 is 0 Å². The number of ether oxygens (including phenoxy) is 5. The summed E-state index contributed by atoms with van der Waals surface area (Å²) in [5.41, 5.74) is 0.217. The third kappa shape index (κ3) is 10.1. The van der Waals surface area contributed by atoms with Crippen LogP contribution in [-0.2, 0) is 33.3 Å². The van der Waals surface area contributed by atoms with Gasteiger partial charge in [0.25, 0.3) is 13.5 Å². The molecule has 2 N–H and O–H groups in total. The third-order valence-electron chi connectivity index (χ3n) is 5.71. The molecule has 1 amide bonds. The molecule has 1 saturated heterocycles. The van der Waals surface area contributed by atoms with Crippen LogP contribution in [0.25, 0.3) is 0 Å². The van der Waals surface area contributed by atoms with Gasteiger partial charge >= 0.3 is 17.9 Å². The van der Waals surface area contributed by atoms with Gasteiger partial charge < -0.3 is 29.0 Å². The van der Waals surface area contributed by atoms with E-state index in [0.29, 0.717) is 0 Å². The van der Waals surface area contributed by atoms with Crippen LogP contribution in [0.3, 0.4) is 0 Å². The molecule has 1 aliphatic rings. The molecule has 0 spiro atoms. The largest absolute Gasteiger partial charge is 0.459 e. The number of benzene rings is 2. The lowest BCUT2D eigenvalue weighted by molar-refractivity contribution is -0.254. The minimum Gasteiger partial charge on any atom is -0.459 e. The zero-order chi connectivity index (χ0) is 32.7. The fourth-order valence-corrected chi connectivity index (χ4v) is 4.11. The minimum absolute atomic E-state index is 0.0476. The summed E-state index contributed by atoms with van der Waals surface area (Å²) in [5, 5.41) is 10.4. The number of esters is 3. The van der Waals surface area contributed by atoms with Crippen LogP contribution in [0.4, 0.5) is 0 Å². The van der Waals surface area contributed by atoms with Crippen LogP contribution in [0, 0.1) is 5.41 Å². The number of nitrogens with one attached hydrogen (secondary N) is 2. The zero-order valence-corrected chi connectivity index (χ0v) is 27.2. The summed E-state index contributed by atoms with van der Waals surface area (Å²) < 4.78 is 22.8. The second-order valence-corrected chi connectivity index (χ2v) is 13.6. The Bertz CT molecular complexity index is 1340. The molecule has 5 atom stereocenters. The number of hydrogen-bond donors (Lipinski definition) is 2. The number of halogens is 7. The van der Waals surface area contributed by atoms with Crippen molar-refractivity contribution in [2.24, 2.45) is 0 Å². The van der Waals surface area contributed by atoms with Gasteiger partial charge in [-0.15, -0.1) is 11.6 Å². The lowest BCUT2D eigenvalue weighted by atomic mass is 9.95. The van der Waals surface area contributed by atoms with E-state index in [1.54, 1.807) is 36.4 Å². The fourth-order valence-electron chi connectivity index (χ4n) is 3.75. The lowest BCUT2D eigenvalue weighted by Gasteiger charge is -2.45. The maximum atomic E-state index is 13.2. The number of amides is 1. The average molecular weight is 754 g/mol. The smallest absolute Gasteiger partial charge is 0.338 e. The molecule has 0 unspecified atom stereocenters. The fraction of sp³-hybridized carbons (Fsp3) is 0.346. The van der Waals surface area contributed by atoms with Crippen molar-refractivity contribution in [1.29, 1.82) is 5.41 Å². The summed E-state index contributed by atoms with van der Waals surface area (Å²) in [6.07, 6.45) is -6.71. The second kappa shape index (κ2) is 15.9. The molecule has 0 radical (unpaired) electrons. The predicted molar refractivity (Wildman–Crippen MR) is 163 cm³/mol. The van der Waals surface area contributed by atoms with Crippen molar-refractivity contribution in [2.75, 3.05) is 12.5 Å². The number of carbonyl (C=O) groups excluding carboxylic acids is 4. The number of rotatable bonds is 9. The number of alkyl halides is 7. The minimum atomic E-state index is -2.56. The van der Waals surface area contributed by atoms with Gasteiger partial charge in [0, 0.05) is 0 Å². The summed E-state index contributed by atoms with van der Waals surface area (Å²) in [4.78, 5) is 51.2. The van der Waals surface area contributed by atoms with E-state index < -0.39 is 80.4 Å². The van der Waals surface area contributed by atoms with Gasteiger partial charge in [-0.2, -0.15) is 0 Å². The van der Waals surface area contributed by atoms with E-state index in [2.05, 4.69) is 5.32 Å². The highest BCUT2D eigenvalue weighted by Crippen LogP contribution is 2.34. The van der Waals surface area contributed by atoms with Crippen LogP contribution in [0.1, 0.15) is 20.7 Å². The normalized spacial score (nSPS) is 21.8. The molecule has 1 fully saturated rings. The molecule has 0 bridgehead atoms. The van der Waals surface area contributed by atoms with Gasteiger partial charge in [-0.1, -0.05) is 106 Å². The van der Waals surface area contributed by atoms with E-state index in [0.717, 1.165) is 0 Å². The van der Waals surface area contributed by atoms with E-state index in [4.69, 9.17) is 110 Å². The molecule has 0 aliphatic carbocycles. The third-order valence-corrected chi connectivity index (χ3v) is 6.96. The van der Waals surface area contributed by atoms with Crippen molar-refractivity contribution in [3.05, 3.63) is 71.8 Å². The average Bonchev–Trinajstić information content (AvgIpc) is 2.98. The first-order valence-corrected chi connectivity index (χ1v) is 15.0. The maximum Gasteiger partial charge on any atom is 0.338 e. The Morgan fingerprint density at radius 2 is 1.32 bits per heavy atom. The second-order valence-electron chi connectivity index (χ2n) is 8.77. The van der Waals surface area contributed by atoms with Crippen LogP contribution < -0.4 is 5.32 Å². The van der Waals surface area contributed by atoms with E-state index in [9.17, 15) is 19.2 Å². The Morgan fingerprint density at radius 3 is 1.82 bits per heavy atom. The molecular formula is C26H21Cl7N2O9. The summed E-state index contributed by atoms with van der Waals surface area (Å²) in [5.74, 6) is -5.69. The van der Waals surface area contributed by atoms with Gasteiger partial charge in [-0.3, -0.25) is 15.0 Å². The first-order chi connectivity index (χ1) is 20.6. The first-order valence-electron chi connectivity index (χ1n) is 12.2. The Hall–Kier alpha value is -2.22. The van der Waals surface area contributed by atoms with Crippen LogP contribution in [0.5, 0.6) is 0 Å². The van der Waals surface area contributed by atoms with Gasteiger partial charge in [0.2, 0.25) is 12.2 Å². The Morgan fingerprint density at radius 1 is 0.773 bits per heavy atom. The van der Waals surface area contributed by atoms with E-state index in [1.165, 1.54) is 24.3 Å². The highest BCUT2D eigenvalue weighted by molar-refractivity contribution is 6.76. The van der Waals surface area contributed by atoms with Gasteiger partial charge in [0.15, 0.2) is 12.2 Å². The Balaban J connectivity index is 2.08. The highest BCUT2D eigenvalue weighted by Gasteiger charge is 2.54. The number of hydrogen-bond acceptors (Lipinski definition) is 10. The van der Waals surface area contributed by atoms with Crippen LogP contribution in [-0.4, -0.2) is 80.4 Å². The van der Waals surface area contributed by atoms with Gasteiger partial charge in [-0.25, -0.2) is 9.59 Å². The Kier molecular flexibility index (Phi) is 13.1.